The Morgan fingerprint density at radius 1 is 0.821 bits per heavy atom. The van der Waals surface area contributed by atoms with Crippen molar-refractivity contribution < 1.29 is 39.3 Å². The fourth-order valence-corrected chi connectivity index (χ4v) is 6.07. The van der Waals surface area contributed by atoms with Gasteiger partial charge in [0.15, 0.2) is 17.3 Å². The predicted octanol–water partition coefficient (Wildman–Crippen LogP) is 2.84. The zero-order valence-corrected chi connectivity index (χ0v) is 20.4. The van der Waals surface area contributed by atoms with Crippen LogP contribution in [0.15, 0.2) is 35.2 Å². The van der Waals surface area contributed by atoms with Crippen molar-refractivity contribution in [1.29, 1.82) is 0 Å². The molecular formula is C29H19NO9. The van der Waals surface area contributed by atoms with Crippen LogP contribution in [0.25, 0.3) is 16.8 Å². The summed E-state index contributed by atoms with van der Waals surface area (Å²) in [4.78, 5) is 80.5. The van der Waals surface area contributed by atoms with Crippen molar-refractivity contribution in [3.8, 4) is 17.2 Å². The number of hydrogen-bond acceptors (Lipinski definition) is 9. The number of pyridine rings is 1. The number of fused-ring (bicyclic) bond motifs is 5. The molecule has 0 aliphatic heterocycles. The molecule has 0 amide bonds. The maximum absolute atomic E-state index is 13.9. The summed E-state index contributed by atoms with van der Waals surface area (Å²) < 4.78 is 0. The van der Waals surface area contributed by atoms with Gasteiger partial charge in [-0.3, -0.25) is 28.8 Å². The molecule has 1 spiro atoms. The highest BCUT2D eigenvalue weighted by atomic mass is 16.3. The smallest absolute Gasteiger partial charge is 0.260 e. The number of phenolic OH excluding ortho intramolecular Hbond substituents is 3. The number of ketones is 5. The number of carbonyl (C=O) groups is 5. The minimum absolute atomic E-state index is 0.130. The molecular weight excluding hydrogens is 506 g/mol. The fraction of sp³-hybridized carbons (Fsp3) is 0.172. The SMILES string of the molecule is CC=CC=Cc1cc2cc3c(c(O)c2c(=O)[nH]1)C1(CC3)C(=O)c2c(O)c3c(c(O)c2C1=O)C(=O)C(=O)CC3=O. The molecule has 2 aromatic carbocycles. The molecule has 6 rings (SSSR count). The van der Waals surface area contributed by atoms with E-state index in [1.165, 1.54) is 0 Å². The molecule has 0 fully saturated rings. The second-order valence-corrected chi connectivity index (χ2v) is 9.78. The van der Waals surface area contributed by atoms with E-state index >= 15 is 0 Å². The summed E-state index contributed by atoms with van der Waals surface area (Å²) in [6.45, 7) is 1.83. The molecule has 1 heterocycles. The average molecular weight is 525 g/mol. The second-order valence-electron chi connectivity index (χ2n) is 9.78. The summed E-state index contributed by atoms with van der Waals surface area (Å²) in [6, 6.07) is 3.23. The van der Waals surface area contributed by atoms with Crippen molar-refractivity contribution in [2.75, 3.05) is 0 Å². The van der Waals surface area contributed by atoms with Crippen LogP contribution in [0.2, 0.25) is 0 Å². The molecule has 3 aromatic rings. The number of aromatic nitrogens is 1. The topological polar surface area (TPSA) is 179 Å². The normalized spacial score (nSPS) is 20.2. The molecule has 1 atom stereocenters. The van der Waals surface area contributed by atoms with Gasteiger partial charge in [-0.2, -0.15) is 0 Å². The van der Waals surface area contributed by atoms with Gasteiger partial charge in [-0.1, -0.05) is 24.3 Å². The lowest BCUT2D eigenvalue weighted by molar-refractivity contribution is -0.114. The first-order valence-electron chi connectivity index (χ1n) is 12.1. The quantitative estimate of drug-likeness (QED) is 0.169. The summed E-state index contributed by atoms with van der Waals surface area (Å²) >= 11 is 0. The van der Waals surface area contributed by atoms with Gasteiger partial charge < -0.3 is 20.3 Å². The van der Waals surface area contributed by atoms with E-state index < -0.39 is 85.8 Å². The Balaban J connectivity index is 1.61. The summed E-state index contributed by atoms with van der Waals surface area (Å²) in [6.07, 6.45) is 6.07. The van der Waals surface area contributed by atoms with Crippen LogP contribution < -0.4 is 5.56 Å². The fourth-order valence-electron chi connectivity index (χ4n) is 6.07. The number of benzene rings is 2. The van der Waals surface area contributed by atoms with Crippen molar-refractivity contribution in [3.05, 3.63) is 79.8 Å². The Morgan fingerprint density at radius 2 is 1.49 bits per heavy atom. The van der Waals surface area contributed by atoms with Crippen LogP contribution in [0, 0.1) is 0 Å². The van der Waals surface area contributed by atoms with Crippen LogP contribution >= 0.6 is 0 Å². The largest absolute Gasteiger partial charge is 0.507 e. The Kier molecular flexibility index (Phi) is 4.93. The minimum Gasteiger partial charge on any atom is -0.507 e. The van der Waals surface area contributed by atoms with E-state index in [0.29, 0.717) is 16.6 Å². The summed E-state index contributed by atoms with van der Waals surface area (Å²) in [5, 5.41) is 33.4. The molecule has 10 nitrogen and oxygen atoms in total. The number of rotatable bonds is 2. The van der Waals surface area contributed by atoms with Crippen LogP contribution in [0.3, 0.4) is 0 Å². The van der Waals surface area contributed by atoms with Crippen molar-refractivity contribution in [1.82, 2.24) is 4.98 Å². The van der Waals surface area contributed by atoms with E-state index in [0.717, 1.165) is 0 Å². The van der Waals surface area contributed by atoms with E-state index in [-0.39, 0.29) is 23.8 Å². The van der Waals surface area contributed by atoms with E-state index in [1.807, 2.05) is 6.92 Å². The highest BCUT2D eigenvalue weighted by molar-refractivity contribution is 6.52. The first-order chi connectivity index (χ1) is 18.5. The van der Waals surface area contributed by atoms with E-state index in [2.05, 4.69) is 4.98 Å². The Labute approximate surface area is 218 Å². The van der Waals surface area contributed by atoms with Gasteiger partial charge in [-0.25, -0.2) is 0 Å². The van der Waals surface area contributed by atoms with Gasteiger partial charge >= 0.3 is 0 Å². The predicted molar refractivity (Wildman–Crippen MR) is 137 cm³/mol. The third-order valence-corrected chi connectivity index (χ3v) is 7.74. The van der Waals surface area contributed by atoms with Gasteiger partial charge in [0.25, 0.3) is 5.56 Å². The summed E-state index contributed by atoms with van der Waals surface area (Å²) in [5.41, 5.74) is -4.89. The van der Waals surface area contributed by atoms with Gasteiger partial charge in [-0.15, -0.1) is 0 Å². The zero-order chi connectivity index (χ0) is 28.0. The minimum atomic E-state index is -2.11. The third kappa shape index (κ3) is 2.91. The molecule has 194 valence electrons. The number of allylic oxidation sites excluding steroid dienone is 3. The van der Waals surface area contributed by atoms with Crippen molar-refractivity contribution >= 4 is 45.8 Å². The first kappa shape index (κ1) is 24.2. The van der Waals surface area contributed by atoms with Crippen LogP contribution in [0.1, 0.15) is 78.0 Å². The van der Waals surface area contributed by atoms with Gasteiger partial charge in [-0.05, 0) is 42.9 Å². The Bertz CT molecular complexity index is 1890. The van der Waals surface area contributed by atoms with Gasteiger partial charge in [0.05, 0.1) is 34.1 Å². The number of H-pyrrole nitrogens is 1. The van der Waals surface area contributed by atoms with Gasteiger partial charge in [0, 0.05) is 11.3 Å². The third-order valence-electron chi connectivity index (χ3n) is 7.74. The standard InChI is InChI=1S/C29H19NO9/c1-2-3-4-5-13-9-12-8-11-6-7-29(21(11)25(36)16(12)28(39)30-13)26(37)19-20(27(29)38)24(35)18-17(23(19)34)14(31)10-15(32)22(18)33/h2-5,8-9,34-36H,6-7,10H2,1H3,(H,30,39). The lowest BCUT2D eigenvalue weighted by atomic mass is 9.76. The molecule has 1 unspecified atom stereocenters. The molecule has 3 aliphatic carbocycles. The zero-order valence-electron chi connectivity index (χ0n) is 20.4. The van der Waals surface area contributed by atoms with Crippen LogP contribution in [0.5, 0.6) is 17.2 Å². The number of Topliss-reactive ketones (excluding diaryl/α,β-unsaturated/α-hetero) is 5. The maximum Gasteiger partial charge on any atom is 0.260 e. The maximum atomic E-state index is 13.9. The molecule has 0 saturated heterocycles. The molecule has 3 aliphatic rings. The Morgan fingerprint density at radius 3 is 2.15 bits per heavy atom. The molecule has 0 radical (unpaired) electrons. The highest BCUT2D eigenvalue weighted by Crippen LogP contribution is 2.57. The summed E-state index contributed by atoms with van der Waals surface area (Å²) in [5.74, 6) is -7.94. The molecule has 39 heavy (non-hydrogen) atoms. The molecule has 4 N–H and O–H groups in total. The number of hydrogen-bond donors (Lipinski definition) is 4. The number of nitrogens with one attached hydrogen (secondary N) is 1. The Hall–Kier alpha value is -5.12. The van der Waals surface area contributed by atoms with Gasteiger partial charge in [0.1, 0.15) is 22.7 Å². The lowest BCUT2D eigenvalue weighted by Gasteiger charge is -2.22. The second kappa shape index (κ2) is 7.94. The summed E-state index contributed by atoms with van der Waals surface area (Å²) in [7, 11) is 0. The van der Waals surface area contributed by atoms with Crippen LogP contribution in [-0.4, -0.2) is 49.2 Å². The van der Waals surface area contributed by atoms with Crippen molar-refractivity contribution in [2.24, 2.45) is 0 Å². The van der Waals surface area contributed by atoms with Crippen LogP contribution in [-0.2, 0) is 16.6 Å². The molecule has 0 saturated carbocycles. The number of aryl methyl sites for hydroxylation is 1. The monoisotopic (exact) mass is 525 g/mol. The van der Waals surface area contributed by atoms with E-state index in [1.54, 1.807) is 36.4 Å². The highest BCUT2D eigenvalue weighted by Gasteiger charge is 2.61. The van der Waals surface area contributed by atoms with E-state index in [4.69, 9.17) is 0 Å². The number of phenols is 3. The van der Waals surface area contributed by atoms with Crippen LogP contribution in [0.4, 0.5) is 0 Å². The molecule has 0 bridgehead atoms. The van der Waals surface area contributed by atoms with Crippen molar-refractivity contribution in [2.45, 2.75) is 31.6 Å². The average Bonchev–Trinajstić information content (AvgIpc) is 3.37. The molecule has 1 aromatic heterocycles. The van der Waals surface area contributed by atoms with E-state index in [9.17, 15) is 44.1 Å². The van der Waals surface area contributed by atoms with Crippen molar-refractivity contribution in [3.63, 3.8) is 0 Å². The first-order valence-corrected chi connectivity index (χ1v) is 12.1. The lowest BCUT2D eigenvalue weighted by Crippen LogP contribution is -2.36. The van der Waals surface area contributed by atoms with Gasteiger partial charge in [0.2, 0.25) is 11.6 Å². The number of aromatic amines is 1. The number of aromatic hydroxyl groups is 3. The number of carbonyl (C=O) groups excluding carboxylic acids is 5. The molecule has 10 heteroatoms.